The first-order valence-corrected chi connectivity index (χ1v) is 3.27. The summed E-state index contributed by atoms with van der Waals surface area (Å²) in [6.07, 6.45) is 1.25. The highest BCUT2D eigenvalue weighted by Crippen LogP contribution is 1.96. The molecule has 12 heavy (non-hydrogen) atoms. The lowest BCUT2D eigenvalue weighted by Gasteiger charge is -2.06. The van der Waals surface area contributed by atoms with Gasteiger partial charge >= 0.3 is 0 Å². The Balaban J connectivity index is 2.98. The number of carbonyl (C=O) groups excluding carboxylic acids is 1. The van der Waals surface area contributed by atoms with Gasteiger partial charge in [-0.15, -0.1) is 0 Å². The average molecular weight is 168 g/mol. The molecular formula is C7H8N2O3. The van der Waals surface area contributed by atoms with Crippen LogP contribution in [0.15, 0.2) is 23.1 Å². The van der Waals surface area contributed by atoms with Crippen LogP contribution in [0.4, 0.5) is 0 Å². The van der Waals surface area contributed by atoms with Crippen molar-refractivity contribution < 1.29 is 10.0 Å². The number of hydrogen-bond acceptors (Lipinski definition) is 3. The van der Waals surface area contributed by atoms with E-state index in [9.17, 15) is 9.59 Å². The van der Waals surface area contributed by atoms with Gasteiger partial charge in [0.15, 0.2) is 0 Å². The molecule has 0 aliphatic heterocycles. The molecular weight excluding hydrogens is 160 g/mol. The van der Waals surface area contributed by atoms with Crippen LogP contribution in [0.1, 0.15) is 10.4 Å². The molecule has 0 aliphatic rings. The molecule has 1 rings (SSSR count). The van der Waals surface area contributed by atoms with Gasteiger partial charge in [-0.3, -0.25) is 14.8 Å². The van der Waals surface area contributed by atoms with Gasteiger partial charge in [0.2, 0.25) is 5.56 Å². The van der Waals surface area contributed by atoms with Crippen molar-refractivity contribution in [2.45, 2.75) is 0 Å². The van der Waals surface area contributed by atoms with E-state index in [0.717, 1.165) is 0 Å². The molecule has 64 valence electrons. The number of carbonyl (C=O) groups is 1. The summed E-state index contributed by atoms with van der Waals surface area (Å²) < 4.78 is 0. The second-order valence-electron chi connectivity index (χ2n) is 2.27. The van der Waals surface area contributed by atoms with E-state index in [-0.39, 0.29) is 11.1 Å². The fraction of sp³-hybridized carbons (Fsp3) is 0.143. The molecule has 5 nitrogen and oxygen atoms in total. The van der Waals surface area contributed by atoms with Crippen molar-refractivity contribution in [3.63, 3.8) is 0 Å². The van der Waals surface area contributed by atoms with Gasteiger partial charge in [-0.05, 0) is 6.07 Å². The van der Waals surface area contributed by atoms with E-state index in [0.29, 0.717) is 5.06 Å². The van der Waals surface area contributed by atoms with Crippen molar-refractivity contribution in [3.05, 3.63) is 34.2 Å². The van der Waals surface area contributed by atoms with Crippen molar-refractivity contribution in [1.82, 2.24) is 10.0 Å². The number of aromatic amines is 1. The SMILES string of the molecule is CN(O)C(=O)c1ccc(=O)[nH]c1. The molecule has 1 heterocycles. The normalized spacial score (nSPS) is 9.50. The van der Waals surface area contributed by atoms with E-state index >= 15 is 0 Å². The molecule has 0 atom stereocenters. The highest BCUT2D eigenvalue weighted by atomic mass is 16.5. The Hall–Kier alpha value is -1.62. The molecule has 0 saturated heterocycles. The zero-order valence-electron chi connectivity index (χ0n) is 6.44. The van der Waals surface area contributed by atoms with E-state index in [1.807, 2.05) is 0 Å². The molecule has 1 aromatic rings. The van der Waals surface area contributed by atoms with Crippen LogP contribution in [-0.4, -0.2) is 28.2 Å². The van der Waals surface area contributed by atoms with E-state index in [1.54, 1.807) is 0 Å². The Bertz CT molecular complexity index is 322. The molecule has 0 bridgehead atoms. The zero-order valence-corrected chi connectivity index (χ0v) is 6.44. The van der Waals surface area contributed by atoms with Gasteiger partial charge in [0, 0.05) is 19.3 Å². The Morgan fingerprint density at radius 2 is 2.25 bits per heavy atom. The number of rotatable bonds is 1. The van der Waals surface area contributed by atoms with Gasteiger partial charge < -0.3 is 4.98 Å². The maximum absolute atomic E-state index is 11.0. The summed E-state index contributed by atoms with van der Waals surface area (Å²) in [5.41, 5.74) is -0.0493. The Morgan fingerprint density at radius 1 is 1.58 bits per heavy atom. The largest absolute Gasteiger partial charge is 0.328 e. The third-order valence-corrected chi connectivity index (χ3v) is 1.33. The molecule has 2 N–H and O–H groups in total. The van der Waals surface area contributed by atoms with Crippen molar-refractivity contribution >= 4 is 5.91 Å². The highest BCUT2D eigenvalue weighted by molar-refractivity contribution is 5.92. The summed E-state index contributed by atoms with van der Waals surface area (Å²) in [4.78, 5) is 23.9. The van der Waals surface area contributed by atoms with Gasteiger partial charge in [-0.1, -0.05) is 0 Å². The number of hydrogen-bond donors (Lipinski definition) is 2. The van der Waals surface area contributed by atoms with Crippen LogP contribution in [0.5, 0.6) is 0 Å². The lowest BCUT2D eigenvalue weighted by atomic mass is 10.3. The van der Waals surface area contributed by atoms with Crippen molar-refractivity contribution in [3.8, 4) is 0 Å². The first-order valence-electron chi connectivity index (χ1n) is 3.27. The molecule has 0 unspecified atom stereocenters. The monoisotopic (exact) mass is 168 g/mol. The van der Waals surface area contributed by atoms with Crippen molar-refractivity contribution in [2.75, 3.05) is 7.05 Å². The van der Waals surface area contributed by atoms with E-state index in [1.165, 1.54) is 25.4 Å². The topological polar surface area (TPSA) is 73.4 Å². The minimum absolute atomic E-state index is 0.236. The summed E-state index contributed by atoms with van der Waals surface area (Å²) in [6.45, 7) is 0. The zero-order chi connectivity index (χ0) is 9.14. The molecule has 5 heteroatoms. The van der Waals surface area contributed by atoms with Crippen LogP contribution in [0, 0.1) is 0 Å². The molecule has 0 spiro atoms. The van der Waals surface area contributed by atoms with Crippen LogP contribution in [0.3, 0.4) is 0 Å². The number of aromatic nitrogens is 1. The highest BCUT2D eigenvalue weighted by Gasteiger charge is 2.07. The predicted molar refractivity (Wildman–Crippen MR) is 40.9 cm³/mol. The van der Waals surface area contributed by atoms with Gasteiger partial charge in [0.05, 0.1) is 5.56 Å². The van der Waals surface area contributed by atoms with Crippen LogP contribution >= 0.6 is 0 Å². The Morgan fingerprint density at radius 3 is 2.67 bits per heavy atom. The maximum Gasteiger partial charge on any atom is 0.278 e. The summed E-state index contributed by atoms with van der Waals surface area (Å²) in [7, 11) is 1.22. The smallest absolute Gasteiger partial charge is 0.278 e. The lowest BCUT2D eigenvalue weighted by Crippen LogP contribution is -2.23. The number of hydroxylamine groups is 2. The quantitative estimate of drug-likeness (QED) is 0.452. The molecule has 1 amide bonds. The second kappa shape index (κ2) is 3.19. The summed E-state index contributed by atoms with van der Waals surface area (Å²) >= 11 is 0. The predicted octanol–water partition coefficient (Wildman–Crippen LogP) is -0.164. The maximum atomic E-state index is 11.0. The third-order valence-electron chi connectivity index (χ3n) is 1.33. The minimum Gasteiger partial charge on any atom is -0.328 e. The minimum atomic E-state index is -0.564. The van der Waals surface area contributed by atoms with Crippen LogP contribution < -0.4 is 5.56 Å². The average Bonchev–Trinajstić information content (AvgIpc) is 2.04. The van der Waals surface area contributed by atoms with E-state index in [2.05, 4.69) is 4.98 Å². The summed E-state index contributed by atoms with van der Waals surface area (Å²) in [5.74, 6) is -0.564. The molecule has 0 aliphatic carbocycles. The first-order chi connectivity index (χ1) is 5.61. The number of nitrogens with zero attached hydrogens (tertiary/aromatic N) is 1. The van der Waals surface area contributed by atoms with Crippen LogP contribution in [0.2, 0.25) is 0 Å². The second-order valence-corrected chi connectivity index (χ2v) is 2.27. The van der Waals surface area contributed by atoms with Gasteiger partial charge in [-0.2, -0.15) is 0 Å². The summed E-state index contributed by atoms with van der Waals surface area (Å²) in [5, 5.41) is 9.19. The summed E-state index contributed by atoms with van der Waals surface area (Å²) in [6, 6.07) is 2.56. The van der Waals surface area contributed by atoms with Crippen LogP contribution in [-0.2, 0) is 0 Å². The Kier molecular flexibility index (Phi) is 2.25. The van der Waals surface area contributed by atoms with Crippen molar-refractivity contribution in [1.29, 1.82) is 0 Å². The van der Waals surface area contributed by atoms with E-state index < -0.39 is 5.91 Å². The fourth-order valence-electron chi connectivity index (χ4n) is 0.730. The third kappa shape index (κ3) is 1.70. The standard InChI is InChI=1S/C7H8N2O3/c1-9(12)7(11)5-2-3-6(10)8-4-5/h2-4,12H,1H3,(H,8,10). The molecule has 0 radical (unpaired) electrons. The van der Waals surface area contributed by atoms with Gasteiger partial charge in [0.25, 0.3) is 5.91 Å². The Labute approximate surface area is 68.2 Å². The van der Waals surface area contributed by atoms with Crippen LogP contribution in [0.25, 0.3) is 0 Å². The van der Waals surface area contributed by atoms with Crippen molar-refractivity contribution in [2.24, 2.45) is 0 Å². The van der Waals surface area contributed by atoms with Gasteiger partial charge in [0.1, 0.15) is 0 Å². The molecule has 1 aromatic heterocycles. The molecule has 0 aromatic carbocycles. The molecule has 0 fully saturated rings. The number of H-pyrrole nitrogens is 1. The van der Waals surface area contributed by atoms with E-state index in [4.69, 9.17) is 5.21 Å². The number of nitrogens with one attached hydrogen (secondary N) is 1. The first kappa shape index (κ1) is 8.48. The number of amides is 1. The number of pyridine rings is 1. The molecule has 0 saturated carbocycles. The van der Waals surface area contributed by atoms with Gasteiger partial charge in [-0.25, -0.2) is 5.06 Å². The lowest BCUT2D eigenvalue weighted by molar-refractivity contribution is -0.0375. The fourth-order valence-corrected chi connectivity index (χ4v) is 0.730.